The molecule has 0 aliphatic heterocycles. The molecule has 0 amide bonds. The van der Waals surface area contributed by atoms with Crippen molar-refractivity contribution in [2.45, 2.75) is 6.92 Å². The molecule has 0 bridgehead atoms. The van der Waals surface area contributed by atoms with Gasteiger partial charge in [-0.05, 0) is 55.5 Å². The molecule has 0 fully saturated rings. The van der Waals surface area contributed by atoms with Crippen LogP contribution in [0.4, 0.5) is 11.4 Å². The van der Waals surface area contributed by atoms with Gasteiger partial charge in [0, 0.05) is 27.5 Å². The number of methoxy groups -OCH3 is 1. The molecule has 3 rings (SSSR count). The summed E-state index contributed by atoms with van der Waals surface area (Å²) in [5.41, 5.74) is 3.86. The highest BCUT2D eigenvalue weighted by Gasteiger charge is 2.05. The SMILES string of the molecule is COc1ccc(Nc2cc(C)nc3ccc(Cl)cc23)cc1.[Cl-]. The molecule has 2 aromatic carbocycles. The Morgan fingerprint density at radius 3 is 2.45 bits per heavy atom. The molecule has 0 saturated carbocycles. The first-order valence-corrected chi connectivity index (χ1v) is 7.01. The summed E-state index contributed by atoms with van der Waals surface area (Å²) in [4.78, 5) is 4.53. The number of nitrogens with zero attached hydrogens (tertiary/aromatic N) is 1. The maximum atomic E-state index is 6.10. The van der Waals surface area contributed by atoms with Crippen LogP contribution in [0.1, 0.15) is 5.69 Å². The second kappa shape index (κ2) is 6.86. The van der Waals surface area contributed by atoms with Crippen LogP contribution in [0.2, 0.25) is 5.02 Å². The van der Waals surface area contributed by atoms with Gasteiger partial charge in [0.25, 0.3) is 0 Å². The van der Waals surface area contributed by atoms with Gasteiger partial charge in [0.2, 0.25) is 0 Å². The van der Waals surface area contributed by atoms with Crippen molar-refractivity contribution in [3.05, 3.63) is 59.2 Å². The van der Waals surface area contributed by atoms with E-state index in [1.807, 2.05) is 55.5 Å². The number of rotatable bonds is 3. The number of hydrogen-bond donors (Lipinski definition) is 1. The summed E-state index contributed by atoms with van der Waals surface area (Å²) in [6.45, 7) is 1.98. The normalized spacial score (nSPS) is 10.1. The maximum absolute atomic E-state index is 6.10. The summed E-state index contributed by atoms with van der Waals surface area (Å²) in [5, 5.41) is 5.12. The molecule has 114 valence electrons. The molecule has 22 heavy (non-hydrogen) atoms. The summed E-state index contributed by atoms with van der Waals surface area (Å²) in [7, 11) is 1.66. The Labute approximate surface area is 140 Å². The predicted molar refractivity (Wildman–Crippen MR) is 87.8 cm³/mol. The lowest BCUT2D eigenvalue weighted by Gasteiger charge is -2.11. The molecule has 5 heteroatoms. The Bertz CT molecular complexity index is 789. The lowest BCUT2D eigenvalue weighted by atomic mass is 10.1. The molecule has 1 N–H and O–H groups in total. The number of hydrogen-bond acceptors (Lipinski definition) is 3. The molecule has 0 aliphatic rings. The summed E-state index contributed by atoms with van der Waals surface area (Å²) in [5.74, 6) is 0.833. The Morgan fingerprint density at radius 1 is 1.05 bits per heavy atom. The number of aryl methyl sites for hydroxylation is 1. The third-order valence-corrected chi connectivity index (χ3v) is 3.50. The Hall–Kier alpha value is -1.97. The largest absolute Gasteiger partial charge is 1.00 e. The molecule has 0 atom stereocenters. The lowest BCUT2D eigenvalue weighted by molar-refractivity contribution is -0.00000453. The van der Waals surface area contributed by atoms with Gasteiger partial charge in [-0.2, -0.15) is 0 Å². The topological polar surface area (TPSA) is 34.1 Å². The zero-order valence-electron chi connectivity index (χ0n) is 12.2. The molecular formula is C17H15Cl2N2O-. The van der Waals surface area contributed by atoms with Crippen molar-refractivity contribution in [2.75, 3.05) is 12.4 Å². The zero-order valence-corrected chi connectivity index (χ0v) is 13.7. The number of aromatic nitrogens is 1. The van der Waals surface area contributed by atoms with Gasteiger partial charge in [-0.3, -0.25) is 4.98 Å². The van der Waals surface area contributed by atoms with E-state index < -0.39 is 0 Å². The average Bonchev–Trinajstić information content (AvgIpc) is 2.49. The molecule has 0 saturated heterocycles. The van der Waals surface area contributed by atoms with E-state index >= 15 is 0 Å². The smallest absolute Gasteiger partial charge is 0.119 e. The second-order valence-electron chi connectivity index (χ2n) is 4.83. The molecular weight excluding hydrogens is 319 g/mol. The van der Waals surface area contributed by atoms with Crippen LogP contribution >= 0.6 is 11.6 Å². The Morgan fingerprint density at radius 2 is 1.77 bits per heavy atom. The van der Waals surface area contributed by atoms with Crippen molar-refractivity contribution < 1.29 is 17.1 Å². The Balaban J connectivity index is 0.00000176. The van der Waals surface area contributed by atoms with Crippen LogP contribution < -0.4 is 22.5 Å². The third kappa shape index (κ3) is 3.43. The van der Waals surface area contributed by atoms with Gasteiger partial charge in [0.15, 0.2) is 0 Å². The fraction of sp³-hybridized carbons (Fsp3) is 0.118. The molecule has 1 aromatic heterocycles. The second-order valence-corrected chi connectivity index (χ2v) is 5.26. The average molecular weight is 334 g/mol. The minimum atomic E-state index is 0. The van der Waals surface area contributed by atoms with Crippen molar-refractivity contribution in [3.8, 4) is 5.75 Å². The van der Waals surface area contributed by atoms with Crippen molar-refractivity contribution in [1.82, 2.24) is 4.98 Å². The zero-order chi connectivity index (χ0) is 14.8. The summed E-state index contributed by atoms with van der Waals surface area (Å²) < 4.78 is 5.17. The van der Waals surface area contributed by atoms with E-state index in [9.17, 15) is 0 Å². The van der Waals surface area contributed by atoms with E-state index in [1.54, 1.807) is 7.11 Å². The standard InChI is InChI=1S/C17H15ClN2O.ClH/c1-11-9-17(15-10-12(18)3-8-16(15)19-11)20-13-4-6-14(21-2)7-5-13;/h3-10H,1-2H3,(H,19,20);1H/p-1. The van der Waals surface area contributed by atoms with Gasteiger partial charge in [-0.25, -0.2) is 0 Å². The van der Waals surface area contributed by atoms with Crippen LogP contribution in [0.3, 0.4) is 0 Å². The van der Waals surface area contributed by atoms with Crippen molar-refractivity contribution in [2.24, 2.45) is 0 Å². The van der Waals surface area contributed by atoms with Gasteiger partial charge >= 0.3 is 0 Å². The highest BCUT2D eigenvalue weighted by atomic mass is 35.5. The number of fused-ring (bicyclic) bond motifs is 1. The van der Waals surface area contributed by atoms with E-state index in [2.05, 4.69) is 10.3 Å². The van der Waals surface area contributed by atoms with Crippen LogP contribution in [-0.2, 0) is 0 Å². The lowest BCUT2D eigenvalue weighted by Crippen LogP contribution is -3.00. The summed E-state index contributed by atoms with van der Waals surface area (Å²) in [6, 6.07) is 15.5. The van der Waals surface area contributed by atoms with E-state index in [0.717, 1.165) is 33.7 Å². The van der Waals surface area contributed by atoms with E-state index in [1.165, 1.54) is 0 Å². The first-order chi connectivity index (χ1) is 10.2. The number of ether oxygens (including phenoxy) is 1. The fourth-order valence-electron chi connectivity index (χ4n) is 2.26. The molecule has 0 unspecified atom stereocenters. The van der Waals surface area contributed by atoms with Crippen molar-refractivity contribution >= 4 is 33.9 Å². The molecule has 3 nitrogen and oxygen atoms in total. The molecule has 0 aliphatic carbocycles. The number of nitrogens with one attached hydrogen (secondary N) is 1. The quantitative estimate of drug-likeness (QED) is 0.795. The summed E-state index contributed by atoms with van der Waals surface area (Å²) >= 11 is 6.10. The van der Waals surface area contributed by atoms with Crippen molar-refractivity contribution in [1.29, 1.82) is 0 Å². The van der Waals surface area contributed by atoms with Crippen LogP contribution in [0, 0.1) is 6.92 Å². The summed E-state index contributed by atoms with van der Waals surface area (Å²) in [6.07, 6.45) is 0. The fourth-order valence-corrected chi connectivity index (χ4v) is 2.44. The van der Waals surface area contributed by atoms with Crippen LogP contribution in [-0.4, -0.2) is 12.1 Å². The van der Waals surface area contributed by atoms with Crippen LogP contribution in [0.25, 0.3) is 10.9 Å². The van der Waals surface area contributed by atoms with E-state index in [-0.39, 0.29) is 12.4 Å². The number of pyridine rings is 1. The number of halogens is 2. The monoisotopic (exact) mass is 333 g/mol. The van der Waals surface area contributed by atoms with Gasteiger partial charge in [0.1, 0.15) is 5.75 Å². The number of anilines is 2. The highest BCUT2D eigenvalue weighted by molar-refractivity contribution is 6.31. The molecule has 1 heterocycles. The molecule has 3 aromatic rings. The highest BCUT2D eigenvalue weighted by Crippen LogP contribution is 2.29. The number of benzene rings is 2. The first-order valence-electron chi connectivity index (χ1n) is 6.64. The third-order valence-electron chi connectivity index (χ3n) is 3.27. The van der Waals surface area contributed by atoms with Gasteiger partial charge in [0.05, 0.1) is 12.6 Å². The van der Waals surface area contributed by atoms with Crippen LogP contribution in [0.5, 0.6) is 5.75 Å². The van der Waals surface area contributed by atoms with Crippen LogP contribution in [0.15, 0.2) is 48.5 Å². The van der Waals surface area contributed by atoms with E-state index in [4.69, 9.17) is 16.3 Å². The molecule has 0 spiro atoms. The molecule has 0 radical (unpaired) electrons. The van der Waals surface area contributed by atoms with Gasteiger partial charge < -0.3 is 22.5 Å². The van der Waals surface area contributed by atoms with E-state index in [0.29, 0.717) is 5.02 Å². The Kier molecular flexibility index (Phi) is 5.11. The minimum absolute atomic E-state index is 0. The maximum Gasteiger partial charge on any atom is 0.119 e. The first kappa shape index (κ1) is 16.4. The van der Waals surface area contributed by atoms with Gasteiger partial charge in [-0.15, -0.1) is 0 Å². The van der Waals surface area contributed by atoms with Gasteiger partial charge in [-0.1, -0.05) is 11.6 Å². The minimum Gasteiger partial charge on any atom is -1.00 e. The van der Waals surface area contributed by atoms with Crippen molar-refractivity contribution in [3.63, 3.8) is 0 Å². The predicted octanol–water partition coefficient (Wildman–Crippen LogP) is 1.95.